The van der Waals surface area contributed by atoms with Crippen LogP contribution >= 0.6 is 11.8 Å². The lowest BCUT2D eigenvalue weighted by Crippen LogP contribution is -2.17. The average Bonchev–Trinajstić information content (AvgIpc) is 2.98. The highest BCUT2D eigenvalue weighted by atomic mass is 32.2. The predicted octanol–water partition coefficient (Wildman–Crippen LogP) is 2.83. The van der Waals surface area contributed by atoms with Crippen molar-refractivity contribution in [1.29, 1.82) is 0 Å². The van der Waals surface area contributed by atoms with Crippen LogP contribution in [-0.2, 0) is 0 Å². The van der Waals surface area contributed by atoms with Crippen LogP contribution in [0.3, 0.4) is 0 Å². The van der Waals surface area contributed by atoms with E-state index in [9.17, 15) is 0 Å². The molecule has 1 fully saturated rings. The summed E-state index contributed by atoms with van der Waals surface area (Å²) in [5.41, 5.74) is 7.62. The van der Waals surface area contributed by atoms with E-state index < -0.39 is 0 Å². The summed E-state index contributed by atoms with van der Waals surface area (Å²) >= 11 is 1.96. The highest BCUT2D eigenvalue weighted by Gasteiger charge is 2.40. The highest BCUT2D eigenvalue weighted by Crippen LogP contribution is 2.48. The number of thioether (sulfide) groups is 1. The van der Waals surface area contributed by atoms with Gasteiger partial charge in [-0.2, -0.15) is 0 Å². The first-order valence-corrected chi connectivity index (χ1v) is 6.13. The van der Waals surface area contributed by atoms with Crippen LogP contribution in [0.4, 0.5) is 0 Å². The van der Waals surface area contributed by atoms with Gasteiger partial charge in [0.15, 0.2) is 0 Å². The first-order chi connectivity index (χ1) is 6.76. The fraction of sp³-hybridized carbons (Fsp3) is 0.500. The second-order valence-electron chi connectivity index (χ2n) is 4.26. The molecule has 0 radical (unpaired) electrons. The van der Waals surface area contributed by atoms with Crippen LogP contribution in [0.2, 0.25) is 0 Å². The molecule has 0 heterocycles. The zero-order chi connectivity index (χ0) is 10.0. The fourth-order valence-electron chi connectivity index (χ4n) is 1.53. The Morgan fingerprint density at radius 3 is 2.64 bits per heavy atom. The Labute approximate surface area is 90.1 Å². The molecule has 76 valence electrons. The zero-order valence-electron chi connectivity index (χ0n) is 8.62. The van der Waals surface area contributed by atoms with Crippen molar-refractivity contribution in [1.82, 2.24) is 0 Å². The molecule has 0 amide bonds. The van der Waals surface area contributed by atoms with Crippen molar-refractivity contribution in [2.24, 2.45) is 11.1 Å². The molecule has 0 bridgehead atoms. The van der Waals surface area contributed by atoms with Crippen LogP contribution in [-0.4, -0.2) is 12.3 Å². The van der Waals surface area contributed by atoms with Crippen LogP contribution in [0.5, 0.6) is 0 Å². The molecule has 1 aliphatic carbocycles. The molecule has 14 heavy (non-hydrogen) atoms. The maximum absolute atomic E-state index is 5.76. The van der Waals surface area contributed by atoms with E-state index in [0.29, 0.717) is 5.41 Å². The zero-order valence-corrected chi connectivity index (χ0v) is 9.44. The molecule has 0 atom stereocenters. The van der Waals surface area contributed by atoms with E-state index in [4.69, 9.17) is 5.73 Å². The lowest BCUT2D eigenvalue weighted by molar-refractivity contribution is 0.600. The summed E-state index contributed by atoms with van der Waals surface area (Å²) in [5, 5.41) is 0. The lowest BCUT2D eigenvalue weighted by Gasteiger charge is -2.12. The quantitative estimate of drug-likeness (QED) is 0.768. The minimum absolute atomic E-state index is 0.479. The number of hydrogen-bond acceptors (Lipinski definition) is 2. The number of rotatable bonds is 4. The first-order valence-electron chi connectivity index (χ1n) is 5.14. The number of benzene rings is 1. The first kappa shape index (κ1) is 10.1. The van der Waals surface area contributed by atoms with Gasteiger partial charge in [0, 0.05) is 10.6 Å². The topological polar surface area (TPSA) is 26.0 Å². The van der Waals surface area contributed by atoms with E-state index in [2.05, 4.69) is 31.2 Å². The minimum Gasteiger partial charge on any atom is -0.330 e. The summed E-state index contributed by atoms with van der Waals surface area (Å²) in [7, 11) is 0. The van der Waals surface area contributed by atoms with E-state index in [1.54, 1.807) is 0 Å². The van der Waals surface area contributed by atoms with Gasteiger partial charge in [0.1, 0.15) is 0 Å². The van der Waals surface area contributed by atoms with Gasteiger partial charge in [-0.25, -0.2) is 0 Å². The van der Waals surface area contributed by atoms with Crippen molar-refractivity contribution < 1.29 is 0 Å². The summed E-state index contributed by atoms with van der Waals surface area (Å²) in [4.78, 5) is 1.41. The molecule has 0 aromatic heterocycles. The highest BCUT2D eigenvalue weighted by molar-refractivity contribution is 7.99. The van der Waals surface area contributed by atoms with Crippen molar-refractivity contribution in [3.63, 3.8) is 0 Å². The van der Waals surface area contributed by atoms with Gasteiger partial charge in [0.05, 0.1) is 0 Å². The monoisotopic (exact) mass is 207 g/mol. The Kier molecular flexibility index (Phi) is 2.84. The number of nitrogens with two attached hydrogens (primary N) is 1. The maximum Gasteiger partial charge on any atom is 0.0101 e. The van der Waals surface area contributed by atoms with Gasteiger partial charge in [-0.15, -0.1) is 11.8 Å². The fourth-order valence-corrected chi connectivity index (χ4v) is 2.87. The van der Waals surface area contributed by atoms with Crippen molar-refractivity contribution in [3.8, 4) is 0 Å². The van der Waals surface area contributed by atoms with Gasteiger partial charge in [-0.05, 0) is 43.4 Å². The van der Waals surface area contributed by atoms with Gasteiger partial charge in [0.2, 0.25) is 0 Å². The summed E-state index contributed by atoms with van der Waals surface area (Å²) in [6.07, 6.45) is 2.64. The van der Waals surface area contributed by atoms with E-state index in [-0.39, 0.29) is 0 Å². The third-order valence-electron chi connectivity index (χ3n) is 3.02. The molecule has 1 saturated carbocycles. The normalized spacial score (nSPS) is 18.1. The molecular weight excluding hydrogens is 190 g/mol. The van der Waals surface area contributed by atoms with E-state index in [1.165, 1.54) is 29.1 Å². The standard InChI is InChI=1S/C12H17NS/c1-10-4-2-3-5-11(10)14-9-12(8-13)6-7-12/h2-5H,6-9,13H2,1H3. The third kappa shape index (κ3) is 2.12. The second-order valence-corrected chi connectivity index (χ2v) is 5.28. The van der Waals surface area contributed by atoms with Crippen LogP contribution in [0.15, 0.2) is 29.2 Å². The Morgan fingerprint density at radius 1 is 1.36 bits per heavy atom. The molecular formula is C12H17NS. The molecule has 1 aromatic rings. The van der Waals surface area contributed by atoms with Gasteiger partial charge in [-0.3, -0.25) is 0 Å². The SMILES string of the molecule is Cc1ccccc1SCC1(CN)CC1. The van der Waals surface area contributed by atoms with E-state index in [1.807, 2.05) is 11.8 Å². The third-order valence-corrected chi connectivity index (χ3v) is 4.54. The van der Waals surface area contributed by atoms with Crippen molar-refractivity contribution >= 4 is 11.8 Å². The average molecular weight is 207 g/mol. The van der Waals surface area contributed by atoms with Crippen molar-refractivity contribution in [3.05, 3.63) is 29.8 Å². The van der Waals surface area contributed by atoms with Crippen LogP contribution in [0.25, 0.3) is 0 Å². The predicted molar refractivity (Wildman–Crippen MR) is 62.6 cm³/mol. The Morgan fingerprint density at radius 2 is 2.07 bits per heavy atom. The summed E-state index contributed by atoms with van der Waals surface area (Å²) < 4.78 is 0. The van der Waals surface area contributed by atoms with E-state index in [0.717, 1.165) is 6.54 Å². The Hall–Kier alpha value is -0.470. The van der Waals surface area contributed by atoms with Crippen molar-refractivity contribution in [2.75, 3.05) is 12.3 Å². The molecule has 1 aliphatic rings. The van der Waals surface area contributed by atoms with E-state index >= 15 is 0 Å². The van der Waals surface area contributed by atoms with Crippen LogP contribution in [0.1, 0.15) is 18.4 Å². The van der Waals surface area contributed by atoms with Crippen molar-refractivity contribution in [2.45, 2.75) is 24.7 Å². The molecule has 2 rings (SSSR count). The molecule has 0 saturated heterocycles. The van der Waals surface area contributed by atoms with Crippen LogP contribution < -0.4 is 5.73 Å². The molecule has 0 unspecified atom stereocenters. The Bertz CT molecular complexity index is 318. The second kappa shape index (κ2) is 3.95. The lowest BCUT2D eigenvalue weighted by atomic mass is 10.1. The number of aryl methyl sites for hydroxylation is 1. The molecule has 1 aromatic carbocycles. The van der Waals surface area contributed by atoms with Gasteiger partial charge in [0.25, 0.3) is 0 Å². The number of hydrogen-bond donors (Lipinski definition) is 1. The molecule has 2 N–H and O–H groups in total. The summed E-state index contributed by atoms with van der Waals surface area (Å²) in [6, 6.07) is 8.57. The van der Waals surface area contributed by atoms with Gasteiger partial charge >= 0.3 is 0 Å². The van der Waals surface area contributed by atoms with Gasteiger partial charge in [-0.1, -0.05) is 18.2 Å². The van der Waals surface area contributed by atoms with Crippen LogP contribution in [0, 0.1) is 12.3 Å². The van der Waals surface area contributed by atoms with Gasteiger partial charge < -0.3 is 5.73 Å². The minimum atomic E-state index is 0.479. The Balaban J connectivity index is 1.95. The largest absolute Gasteiger partial charge is 0.330 e. The summed E-state index contributed by atoms with van der Waals surface area (Å²) in [6.45, 7) is 3.02. The molecule has 2 heteroatoms. The molecule has 0 spiro atoms. The molecule has 1 nitrogen and oxygen atoms in total. The smallest absolute Gasteiger partial charge is 0.0101 e. The maximum atomic E-state index is 5.76. The summed E-state index contributed by atoms with van der Waals surface area (Å²) in [5.74, 6) is 1.19. The molecule has 0 aliphatic heterocycles.